The Morgan fingerprint density at radius 2 is 1.77 bits per heavy atom. The molecule has 0 fully saturated rings. The second-order valence-electron chi connectivity index (χ2n) is 9.70. The van der Waals surface area contributed by atoms with Crippen LogP contribution in [-0.2, 0) is 10.5 Å². The van der Waals surface area contributed by atoms with E-state index in [9.17, 15) is 9.59 Å². The van der Waals surface area contributed by atoms with Crippen molar-refractivity contribution < 1.29 is 14.3 Å². The number of benzene rings is 3. The van der Waals surface area contributed by atoms with Crippen LogP contribution in [0.1, 0.15) is 49.2 Å². The van der Waals surface area contributed by atoms with Crippen LogP contribution in [0.4, 0.5) is 0 Å². The molecule has 0 saturated heterocycles. The molecule has 40 heavy (non-hydrogen) atoms. The average Bonchev–Trinajstić information content (AvgIpc) is 3.47. The molecule has 0 aliphatic heterocycles. The first kappa shape index (κ1) is 26.8. The molecule has 200 valence electrons. The number of aromatic nitrogens is 1. The molecule has 0 radical (unpaired) electrons. The lowest BCUT2D eigenvalue weighted by Gasteiger charge is -2.10. The van der Waals surface area contributed by atoms with Crippen LogP contribution in [0.5, 0.6) is 0 Å². The number of rotatable bonds is 7. The van der Waals surface area contributed by atoms with Gasteiger partial charge in [-0.3, -0.25) is 4.79 Å². The van der Waals surface area contributed by atoms with Gasteiger partial charge in [0.1, 0.15) is 0 Å². The third kappa shape index (κ3) is 4.66. The molecular formula is C33H26BrNO3S2. The molecule has 0 unspecified atom stereocenters. The van der Waals surface area contributed by atoms with Crippen LogP contribution in [0.25, 0.3) is 27.2 Å². The summed E-state index contributed by atoms with van der Waals surface area (Å²) in [5.41, 5.74) is 6.19. The zero-order chi connectivity index (χ0) is 28.0. The fourth-order valence-corrected chi connectivity index (χ4v) is 8.06. The molecule has 0 spiro atoms. The van der Waals surface area contributed by atoms with Crippen LogP contribution in [0.2, 0.25) is 0 Å². The van der Waals surface area contributed by atoms with Crippen molar-refractivity contribution in [2.45, 2.75) is 30.7 Å². The molecule has 0 saturated carbocycles. The second-order valence-corrected chi connectivity index (χ2v) is 12.9. The van der Waals surface area contributed by atoms with Gasteiger partial charge in [-0.15, -0.1) is 23.1 Å². The summed E-state index contributed by atoms with van der Waals surface area (Å²) >= 11 is 6.63. The van der Waals surface area contributed by atoms with Gasteiger partial charge >= 0.3 is 5.97 Å². The van der Waals surface area contributed by atoms with E-state index in [0.29, 0.717) is 21.4 Å². The number of thioether (sulfide) groups is 1. The van der Waals surface area contributed by atoms with Gasteiger partial charge in [0.05, 0.1) is 32.3 Å². The minimum Gasteiger partial charge on any atom is -0.462 e. The molecule has 4 nitrogen and oxygen atoms in total. The standard InChI is InChI=1S/C33H26BrNO3S2/c1-4-38-32(37)27-26-17-19(2)15-16-35(26)29-28(27)31(30(36)22-11-13-23(34)14-12-22)40-33(29)39-18-25-20(3)9-10-21-7-5-6-8-24(21)25/h5-17H,4,18H2,1-3H3. The Labute approximate surface area is 249 Å². The molecule has 6 aromatic rings. The van der Waals surface area contributed by atoms with Gasteiger partial charge in [-0.1, -0.05) is 52.3 Å². The number of ether oxygens (including phenoxy) is 1. The molecule has 0 aliphatic carbocycles. The van der Waals surface area contributed by atoms with Crippen LogP contribution >= 0.6 is 39.0 Å². The summed E-state index contributed by atoms with van der Waals surface area (Å²) < 4.78 is 9.47. The van der Waals surface area contributed by atoms with Crippen molar-refractivity contribution in [1.82, 2.24) is 4.40 Å². The van der Waals surface area contributed by atoms with E-state index in [-0.39, 0.29) is 12.4 Å². The van der Waals surface area contributed by atoms with Gasteiger partial charge in [-0.25, -0.2) is 4.79 Å². The predicted octanol–water partition coefficient (Wildman–Crippen LogP) is 9.39. The van der Waals surface area contributed by atoms with Gasteiger partial charge in [-0.2, -0.15) is 0 Å². The topological polar surface area (TPSA) is 47.8 Å². The lowest BCUT2D eigenvalue weighted by Crippen LogP contribution is -2.06. The zero-order valence-corrected chi connectivity index (χ0v) is 25.5. The highest BCUT2D eigenvalue weighted by molar-refractivity contribution is 9.10. The Hall–Kier alpha value is -3.39. The number of esters is 1. The fraction of sp³-hybridized carbons (Fsp3) is 0.152. The maximum atomic E-state index is 14.0. The number of fused-ring (bicyclic) bond motifs is 4. The van der Waals surface area contributed by atoms with E-state index in [1.807, 2.05) is 53.9 Å². The SMILES string of the molecule is CCOC(=O)c1c2c(C(=O)c3ccc(Br)cc3)sc(SCc3c(C)ccc4ccccc34)c2n2ccc(C)cc12. The molecule has 6 rings (SSSR count). The van der Waals surface area contributed by atoms with Gasteiger partial charge in [0, 0.05) is 27.4 Å². The summed E-state index contributed by atoms with van der Waals surface area (Å²) in [6.07, 6.45) is 1.99. The summed E-state index contributed by atoms with van der Waals surface area (Å²) in [4.78, 5) is 28.0. The average molecular weight is 629 g/mol. The number of nitrogens with zero attached hydrogens (tertiary/aromatic N) is 1. The Morgan fingerprint density at radius 3 is 2.55 bits per heavy atom. The molecular weight excluding hydrogens is 602 g/mol. The molecule has 0 bridgehead atoms. The van der Waals surface area contributed by atoms with Crippen molar-refractivity contribution in [2.24, 2.45) is 0 Å². The van der Waals surface area contributed by atoms with Crippen LogP contribution in [-0.4, -0.2) is 22.8 Å². The Kier molecular flexibility index (Phi) is 7.29. The first-order valence-electron chi connectivity index (χ1n) is 13.0. The third-order valence-corrected chi connectivity index (χ3v) is 10.1. The summed E-state index contributed by atoms with van der Waals surface area (Å²) in [5.74, 6) is 0.223. The van der Waals surface area contributed by atoms with Crippen LogP contribution < -0.4 is 0 Å². The number of aryl methyl sites for hydroxylation is 2. The lowest BCUT2D eigenvalue weighted by atomic mass is 10.0. The van der Waals surface area contributed by atoms with Gasteiger partial charge in [-0.05, 0) is 84.6 Å². The number of thiophene rings is 1. The minimum absolute atomic E-state index is 0.103. The monoisotopic (exact) mass is 627 g/mol. The summed E-state index contributed by atoms with van der Waals surface area (Å²) in [6.45, 7) is 6.20. The van der Waals surface area contributed by atoms with Gasteiger partial charge in [0.15, 0.2) is 0 Å². The molecule has 7 heteroatoms. The van der Waals surface area contributed by atoms with E-state index in [1.54, 1.807) is 18.7 Å². The van der Waals surface area contributed by atoms with E-state index >= 15 is 0 Å². The smallest absolute Gasteiger partial charge is 0.341 e. The molecule has 3 heterocycles. The predicted molar refractivity (Wildman–Crippen MR) is 169 cm³/mol. The number of halogens is 1. The highest BCUT2D eigenvalue weighted by Gasteiger charge is 2.30. The Bertz CT molecular complexity index is 1940. The fourth-order valence-electron chi connectivity index (χ4n) is 5.15. The Balaban J connectivity index is 1.57. The van der Waals surface area contributed by atoms with Crippen LogP contribution in [0, 0.1) is 13.8 Å². The van der Waals surface area contributed by atoms with Crippen LogP contribution in [0.15, 0.2) is 87.7 Å². The van der Waals surface area contributed by atoms with E-state index in [0.717, 1.165) is 31.0 Å². The lowest BCUT2D eigenvalue weighted by molar-refractivity contribution is 0.0531. The van der Waals surface area contributed by atoms with E-state index in [4.69, 9.17) is 4.74 Å². The molecule has 0 N–H and O–H groups in total. The van der Waals surface area contributed by atoms with Gasteiger partial charge < -0.3 is 9.14 Å². The normalized spacial score (nSPS) is 11.5. The molecule has 3 aromatic heterocycles. The highest BCUT2D eigenvalue weighted by atomic mass is 79.9. The van der Waals surface area contributed by atoms with Gasteiger partial charge in [0.2, 0.25) is 5.78 Å². The van der Waals surface area contributed by atoms with E-state index in [1.165, 1.54) is 33.2 Å². The largest absolute Gasteiger partial charge is 0.462 e. The molecule has 0 aliphatic rings. The van der Waals surface area contributed by atoms with Crippen molar-refractivity contribution >= 4 is 78.0 Å². The van der Waals surface area contributed by atoms with Crippen molar-refractivity contribution in [2.75, 3.05) is 6.61 Å². The minimum atomic E-state index is -0.412. The first-order chi connectivity index (χ1) is 19.4. The number of hydrogen-bond acceptors (Lipinski definition) is 5. The number of carbonyl (C=O) groups excluding carboxylic acids is 2. The number of hydrogen-bond donors (Lipinski definition) is 0. The van der Waals surface area contributed by atoms with E-state index in [2.05, 4.69) is 59.3 Å². The first-order valence-corrected chi connectivity index (χ1v) is 15.6. The zero-order valence-electron chi connectivity index (χ0n) is 22.3. The molecule has 3 aromatic carbocycles. The summed E-state index contributed by atoms with van der Waals surface area (Å²) in [6, 6.07) is 24.1. The number of pyridine rings is 1. The summed E-state index contributed by atoms with van der Waals surface area (Å²) in [5, 5.41) is 3.11. The highest BCUT2D eigenvalue weighted by Crippen LogP contribution is 2.45. The van der Waals surface area contributed by atoms with Gasteiger partial charge in [0.25, 0.3) is 0 Å². The Morgan fingerprint density at radius 1 is 1.00 bits per heavy atom. The molecule has 0 atom stereocenters. The maximum absolute atomic E-state index is 14.0. The number of carbonyl (C=O) groups is 2. The summed E-state index contributed by atoms with van der Waals surface area (Å²) in [7, 11) is 0. The third-order valence-electron chi connectivity index (χ3n) is 7.12. The van der Waals surface area contributed by atoms with Crippen molar-refractivity contribution in [1.29, 1.82) is 0 Å². The molecule has 0 amide bonds. The van der Waals surface area contributed by atoms with Crippen molar-refractivity contribution in [3.05, 3.63) is 116 Å². The maximum Gasteiger partial charge on any atom is 0.341 e. The van der Waals surface area contributed by atoms with Crippen molar-refractivity contribution in [3.63, 3.8) is 0 Å². The van der Waals surface area contributed by atoms with E-state index < -0.39 is 5.97 Å². The van der Waals surface area contributed by atoms with Crippen molar-refractivity contribution in [3.8, 4) is 0 Å². The van der Waals surface area contributed by atoms with Crippen LogP contribution in [0.3, 0.4) is 0 Å². The quantitative estimate of drug-likeness (QED) is 0.100. The second kappa shape index (κ2) is 10.9. The number of ketones is 1.